The lowest BCUT2D eigenvalue weighted by Gasteiger charge is -2.11. The number of aromatic nitrogens is 2. The van der Waals surface area contributed by atoms with Crippen molar-refractivity contribution < 1.29 is 0 Å². The summed E-state index contributed by atoms with van der Waals surface area (Å²) in [5.74, 6) is 1.06. The molecule has 3 rings (SSSR count). The van der Waals surface area contributed by atoms with Crippen LogP contribution in [0.5, 0.6) is 0 Å². The third-order valence-corrected chi connectivity index (χ3v) is 3.64. The van der Waals surface area contributed by atoms with Crippen molar-refractivity contribution in [1.82, 2.24) is 9.97 Å². The lowest BCUT2D eigenvalue weighted by atomic mass is 10.2. The molecule has 0 aliphatic heterocycles. The molecule has 0 saturated carbocycles. The van der Waals surface area contributed by atoms with E-state index in [4.69, 9.17) is 16.9 Å². The van der Waals surface area contributed by atoms with Crippen LogP contribution < -0.4 is 10.6 Å². The van der Waals surface area contributed by atoms with Gasteiger partial charge in [-0.15, -0.1) is 0 Å². The van der Waals surface area contributed by atoms with Crippen LogP contribution in [0.2, 0.25) is 5.02 Å². The van der Waals surface area contributed by atoms with Gasteiger partial charge in [0, 0.05) is 16.9 Å². The Balaban J connectivity index is 1.83. The summed E-state index contributed by atoms with van der Waals surface area (Å²) in [5.41, 5.74) is 3.14. The highest BCUT2D eigenvalue weighted by molar-refractivity contribution is 6.30. The zero-order chi connectivity index (χ0) is 16.9. The predicted octanol–water partition coefficient (Wildman–Crippen LogP) is 4.80. The number of hydrogen-bond acceptors (Lipinski definition) is 5. The van der Waals surface area contributed by atoms with Crippen LogP contribution in [0.1, 0.15) is 11.1 Å². The van der Waals surface area contributed by atoms with Crippen molar-refractivity contribution in [3.8, 4) is 6.07 Å². The van der Waals surface area contributed by atoms with Crippen molar-refractivity contribution in [1.29, 1.82) is 5.26 Å². The Hall–Kier alpha value is -3.10. The summed E-state index contributed by atoms with van der Waals surface area (Å²) < 4.78 is 0. The largest absolute Gasteiger partial charge is 0.339 e. The van der Waals surface area contributed by atoms with E-state index in [1.807, 2.05) is 43.3 Å². The molecular formula is C18H14ClN5. The molecule has 6 heteroatoms. The molecule has 24 heavy (non-hydrogen) atoms. The van der Waals surface area contributed by atoms with E-state index in [0.29, 0.717) is 28.0 Å². The summed E-state index contributed by atoms with van der Waals surface area (Å²) in [7, 11) is 0. The summed E-state index contributed by atoms with van der Waals surface area (Å²) in [5, 5.41) is 16.1. The first-order chi connectivity index (χ1) is 11.7. The smallest absolute Gasteiger partial charge is 0.229 e. The molecule has 0 spiro atoms. The zero-order valence-corrected chi connectivity index (χ0v) is 13.7. The maximum atomic E-state index is 9.15. The quantitative estimate of drug-likeness (QED) is 0.716. The lowest BCUT2D eigenvalue weighted by Crippen LogP contribution is -2.02. The second-order valence-corrected chi connectivity index (χ2v) is 5.57. The van der Waals surface area contributed by atoms with E-state index < -0.39 is 0 Å². The molecule has 5 nitrogen and oxygen atoms in total. The van der Waals surface area contributed by atoms with Crippen molar-refractivity contribution in [2.24, 2.45) is 0 Å². The fourth-order valence-electron chi connectivity index (χ4n) is 2.20. The minimum Gasteiger partial charge on any atom is -0.339 e. The third kappa shape index (κ3) is 3.62. The van der Waals surface area contributed by atoms with E-state index in [2.05, 4.69) is 26.7 Å². The van der Waals surface area contributed by atoms with Gasteiger partial charge in [0.25, 0.3) is 0 Å². The Morgan fingerprint density at radius 1 is 1.04 bits per heavy atom. The van der Waals surface area contributed by atoms with Crippen molar-refractivity contribution >= 4 is 34.7 Å². The Labute approximate surface area is 145 Å². The Morgan fingerprint density at radius 2 is 1.88 bits per heavy atom. The molecule has 0 saturated heterocycles. The number of halogens is 1. The first-order valence-corrected chi connectivity index (χ1v) is 7.66. The van der Waals surface area contributed by atoms with E-state index >= 15 is 0 Å². The highest BCUT2D eigenvalue weighted by Gasteiger charge is 2.05. The SMILES string of the molecule is Cc1cc(Cl)ccc1Nc1nccc(Nc2ccccc2C#N)n1. The number of anilines is 4. The van der Waals surface area contributed by atoms with Crippen LogP contribution in [0.4, 0.5) is 23.1 Å². The molecule has 1 heterocycles. The molecule has 0 aliphatic rings. The molecule has 3 aromatic rings. The zero-order valence-electron chi connectivity index (χ0n) is 12.9. The van der Waals surface area contributed by atoms with Crippen molar-refractivity contribution in [2.45, 2.75) is 6.92 Å². The van der Waals surface area contributed by atoms with E-state index in [0.717, 1.165) is 11.3 Å². The topological polar surface area (TPSA) is 73.6 Å². The van der Waals surface area contributed by atoms with Gasteiger partial charge in [0.1, 0.15) is 11.9 Å². The predicted molar refractivity (Wildman–Crippen MR) is 95.9 cm³/mol. The van der Waals surface area contributed by atoms with Crippen molar-refractivity contribution in [3.05, 3.63) is 70.9 Å². The van der Waals surface area contributed by atoms with Gasteiger partial charge in [-0.3, -0.25) is 0 Å². The molecule has 0 radical (unpaired) electrons. The lowest BCUT2D eigenvalue weighted by molar-refractivity contribution is 1.16. The summed E-state index contributed by atoms with van der Waals surface area (Å²) in [6.45, 7) is 1.96. The maximum Gasteiger partial charge on any atom is 0.229 e. The molecule has 2 aromatic carbocycles. The standard InChI is InChI=1S/C18H14ClN5/c1-12-10-14(19)6-7-15(12)23-18-21-9-8-17(24-18)22-16-5-3-2-4-13(16)11-20/h2-10H,1H3,(H2,21,22,23,24). The highest BCUT2D eigenvalue weighted by Crippen LogP contribution is 2.23. The van der Waals surface area contributed by atoms with Crippen molar-refractivity contribution in [3.63, 3.8) is 0 Å². The minimum absolute atomic E-state index is 0.458. The van der Waals surface area contributed by atoms with Gasteiger partial charge in [-0.05, 0) is 48.9 Å². The summed E-state index contributed by atoms with van der Waals surface area (Å²) in [6.07, 6.45) is 1.65. The highest BCUT2D eigenvalue weighted by atomic mass is 35.5. The fourth-order valence-corrected chi connectivity index (χ4v) is 2.43. The summed E-state index contributed by atoms with van der Waals surface area (Å²) >= 11 is 5.97. The van der Waals surface area contributed by atoms with Gasteiger partial charge >= 0.3 is 0 Å². The molecule has 0 aliphatic carbocycles. The Kier molecular flexibility index (Phi) is 4.59. The normalized spacial score (nSPS) is 10.0. The summed E-state index contributed by atoms with van der Waals surface area (Å²) in [4.78, 5) is 8.65. The number of nitrogens with zero attached hydrogens (tertiary/aromatic N) is 3. The molecule has 0 unspecified atom stereocenters. The van der Waals surface area contributed by atoms with Gasteiger partial charge in [-0.2, -0.15) is 10.2 Å². The molecule has 0 amide bonds. The first kappa shape index (κ1) is 15.8. The van der Waals surface area contributed by atoms with Gasteiger partial charge in [0.05, 0.1) is 11.3 Å². The second-order valence-electron chi connectivity index (χ2n) is 5.13. The first-order valence-electron chi connectivity index (χ1n) is 7.28. The van der Waals surface area contributed by atoms with Gasteiger partial charge in [0.15, 0.2) is 0 Å². The number of benzene rings is 2. The number of nitrogens with one attached hydrogen (secondary N) is 2. The third-order valence-electron chi connectivity index (χ3n) is 3.40. The molecule has 0 fully saturated rings. The van der Waals surface area contributed by atoms with Gasteiger partial charge in [-0.25, -0.2) is 4.98 Å². The number of para-hydroxylation sites is 1. The molecule has 0 atom stereocenters. The van der Waals surface area contributed by atoms with E-state index in [9.17, 15) is 0 Å². The van der Waals surface area contributed by atoms with Crippen LogP contribution in [-0.2, 0) is 0 Å². The number of nitriles is 1. The monoisotopic (exact) mass is 335 g/mol. The van der Waals surface area contributed by atoms with Crippen LogP contribution in [0.25, 0.3) is 0 Å². The van der Waals surface area contributed by atoms with E-state index in [1.54, 1.807) is 18.3 Å². The molecule has 0 bridgehead atoms. The average Bonchev–Trinajstić information content (AvgIpc) is 2.58. The Bertz CT molecular complexity index is 917. The molecule has 118 valence electrons. The van der Waals surface area contributed by atoms with Crippen LogP contribution >= 0.6 is 11.6 Å². The molecule has 1 aromatic heterocycles. The van der Waals surface area contributed by atoms with Gasteiger partial charge in [-0.1, -0.05) is 23.7 Å². The van der Waals surface area contributed by atoms with E-state index in [1.165, 1.54) is 0 Å². The van der Waals surface area contributed by atoms with Crippen LogP contribution in [0.15, 0.2) is 54.7 Å². The minimum atomic E-state index is 0.458. The maximum absolute atomic E-state index is 9.15. The van der Waals surface area contributed by atoms with Gasteiger partial charge in [0.2, 0.25) is 5.95 Å². The Morgan fingerprint density at radius 3 is 2.67 bits per heavy atom. The van der Waals surface area contributed by atoms with Crippen LogP contribution in [-0.4, -0.2) is 9.97 Å². The number of hydrogen-bond donors (Lipinski definition) is 2. The van der Waals surface area contributed by atoms with Crippen molar-refractivity contribution in [2.75, 3.05) is 10.6 Å². The summed E-state index contributed by atoms with van der Waals surface area (Å²) in [6, 6.07) is 16.7. The fraction of sp³-hybridized carbons (Fsp3) is 0.0556. The van der Waals surface area contributed by atoms with Gasteiger partial charge < -0.3 is 10.6 Å². The number of aryl methyl sites for hydroxylation is 1. The van der Waals surface area contributed by atoms with Crippen LogP contribution in [0.3, 0.4) is 0 Å². The average molecular weight is 336 g/mol. The van der Waals surface area contributed by atoms with Crippen LogP contribution in [0, 0.1) is 18.3 Å². The number of rotatable bonds is 4. The molecule has 2 N–H and O–H groups in total. The molecular weight excluding hydrogens is 322 g/mol. The second kappa shape index (κ2) is 6.99. The van der Waals surface area contributed by atoms with E-state index in [-0.39, 0.29) is 0 Å².